The van der Waals surface area contributed by atoms with E-state index in [2.05, 4.69) is 36.1 Å². The van der Waals surface area contributed by atoms with Crippen LogP contribution in [0.25, 0.3) is 10.9 Å². The second-order valence-electron chi connectivity index (χ2n) is 8.45. The van der Waals surface area contributed by atoms with E-state index >= 15 is 0 Å². The van der Waals surface area contributed by atoms with Crippen molar-refractivity contribution in [2.75, 3.05) is 13.1 Å². The number of nitrogens with zero attached hydrogens (tertiary/aromatic N) is 2. The standard InChI is InChI=1S/C24H28N4O3/c1-5-28(15-20-26-19-9-7-6-8-18(19)23(31)27-20)21(29)14-25-22(30)16-10-12-17(13-11-16)24(2,3)4/h6-13H,5,14-15H2,1-4H3,(H,25,30)(H,26,27,31). The lowest BCUT2D eigenvalue weighted by molar-refractivity contribution is -0.130. The molecule has 1 heterocycles. The van der Waals surface area contributed by atoms with Gasteiger partial charge in [0, 0.05) is 12.1 Å². The summed E-state index contributed by atoms with van der Waals surface area (Å²) < 4.78 is 0. The Hall–Kier alpha value is -3.48. The Kier molecular flexibility index (Phi) is 6.53. The zero-order chi connectivity index (χ0) is 22.6. The smallest absolute Gasteiger partial charge is 0.258 e. The third-order valence-electron chi connectivity index (χ3n) is 5.15. The van der Waals surface area contributed by atoms with E-state index in [1.54, 1.807) is 30.3 Å². The molecule has 7 nitrogen and oxygen atoms in total. The third-order valence-corrected chi connectivity index (χ3v) is 5.15. The van der Waals surface area contributed by atoms with Crippen molar-refractivity contribution >= 4 is 22.7 Å². The summed E-state index contributed by atoms with van der Waals surface area (Å²) in [5.41, 5.74) is 1.98. The molecule has 0 radical (unpaired) electrons. The number of hydrogen-bond acceptors (Lipinski definition) is 4. The molecule has 0 saturated carbocycles. The molecule has 162 valence electrons. The monoisotopic (exact) mass is 420 g/mol. The molecule has 0 aliphatic rings. The maximum atomic E-state index is 12.6. The van der Waals surface area contributed by atoms with Gasteiger partial charge in [-0.05, 0) is 42.2 Å². The zero-order valence-corrected chi connectivity index (χ0v) is 18.4. The molecule has 2 N–H and O–H groups in total. The van der Waals surface area contributed by atoms with Crippen LogP contribution in [0.4, 0.5) is 0 Å². The summed E-state index contributed by atoms with van der Waals surface area (Å²) in [7, 11) is 0. The molecule has 0 aliphatic heterocycles. The SMILES string of the molecule is CCN(Cc1nc2ccccc2c(=O)[nH]1)C(=O)CNC(=O)c1ccc(C(C)(C)C)cc1. The number of hydrogen-bond donors (Lipinski definition) is 2. The van der Waals surface area contributed by atoms with Gasteiger partial charge in [-0.2, -0.15) is 0 Å². The quantitative estimate of drug-likeness (QED) is 0.641. The summed E-state index contributed by atoms with van der Waals surface area (Å²) in [6.45, 7) is 8.61. The number of rotatable bonds is 6. The van der Waals surface area contributed by atoms with Gasteiger partial charge in [-0.15, -0.1) is 0 Å². The number of carbonyl (C=O) groups excluding carboxylic acids is 2. The van der Waals surface area contributed by atoms with E-state index in [0.717, 1.165) is 5.56 Å². The number of benzene rings is 2. The largest absolute Gasteiger partial charge is 0.343 e. The molecule has 0 saturated heterocycles. The molecular weight excluding hydrogens is 392 g/mol. The maximum Gasteiger partial charge on any atom is 0.258 e. The van der Waals surface area contributed by atoms with Crippen LogP contribution in [0.5, 0.6) is 0 Å². The Balaban J connectivity index is 1.63. The summed E-state index contributed by atoms with van der Waals surface area (Å²) in [6, 6.07) is 14.4. The van der Waals surface area contributed by atoms with Crippen LogP contribution in [0.1, 0.15) is 49.4 Å². The van der Waals surface area contributed by atoms with Gasteiger partial charge >= 0.3 is 0 Å². The van der Waals surface area contributed by atoms with Crippen molar-refractivity contribution in [2.24, 2.45) is 0 Å². The number of amides is 2. The first kappa shape index (κ1) is 22.2. The molecule has 0 bridgehead atoms. The number of nitrogens with one attached hydrogen (secondary N) is 2. The van der Waals surface area contributed by atoms with Crippen LogP contribution in [0.15, 0.2) is 53.3 Å². The summed E-state index contributed by atoms with van der Waals surface area (Å²) >= 11 is 0. The predicted octanol–water partition coefficient (Wildman–Crippen LogP) is 3.00. The van der Waals surface area contributed by atoms with E-state index in [4.69, 9.17) is 0 Å². The summed E-state index contributed by atoms with van der Waals surface area (Å²) in [6.07, 6.45) is 0. The molecular formula is C24H28N4O3. The van der Waals surface area contributed by atoms with Gasteiger partial charge in [-0.25, -0.2) is 4.98 Å². The average Bonchev–Trinajstić information content (AvgIpc) is 2.75. The number of likely N-dealkylation sites (N-methyl/N-ethyl adjacent to an activating group) is 1. The van der Waals surface area contributed by atoms with Gasteiger partial charge in [0.15, 0.2) is 0 Å². The van der Waals surface area contributed by atoms with E-state index in [1.807, 2.05) is 25.1 Å². The van der Waals surface area contributed by atoms with Crippen molar-refractivity contribution in [2.45, 2.75) is 39.7 Å². The highest BCUT2D eigenvalue weighted by atomic mass is 16.2. The summed E-state index contributed by atoms with van der Waals surface area (Å²) in [4.78, 5) is 46.0. The highest BCUT2D eigenvalue weighted by Crippen LogP contribution is 2.22. The first-order chi connectivity index (χ1) is 14.7. The van der Waals surface area contributed by atoms with E-state index in [-0.39, 0.29) is 35.9 Å². The van der Waals surface area contributed by atoms with Gasteiger partial charge in [0.2, 0.25) is 5.91 Å². The minimum atomic E-state index is -0.304. The molecule has 2 aromatic carbocycles. The van der Waals surface area contributed by atoms with Gasteiger partial charge in [0.25, 0.3) is 11.5 Å². The minimum Gasteiger partial charge on any atom is -0.343 e. The molecule has 1 aromatic heterocycles. The molecule has 7 heteroatoms. The predicted molar refractivity (Wildman–Crippen MR) is 121 cm³/mol. The van der Waals surface area contributed by atoms with Crippen molar-refractivity contribution in [3.05, 3.63) is 75.8 Å². The fourth-order valence-corrected chi connectivity index (χ4v) is 3.26. The first-order valence-corrected chi connectivity index (χ1v) is 10.3. The van der Waals surface area contributed by atoms with Crippen LogP contribution >= 0.6 is 0 Å². The molecule has 0 atom stereocenters. The maximum absolute atomic E-state index is 12.6. The van der Waals surface area contributed by atoms with Gasteiger partial charge < -0.3 is 15.2 Å². The van der Waals surface area contributed by atoms with Gasteiger partial charge in [-0.3, -0.25) is 14.4 Å². The van der Waals surface area contributed by atoms with Crippen molar-refractivity contribution in [3.8, 4) is 0 Å². The summed E-state index contributed by atoms with van der Waals surface area (Å²) in [5.74, 6) is -0.150. The molecule has 0 spiro atoms. The molecule has 0 aliphatic carbocycles. The lowest BCUT2D eigenvalue weighted by Crippen LogP contribution is -2.40. The Morgan fingerprint density at radius 3 is 2.39 bits per heavy atom. The normalized spacial score (nSPS) is 11.4. The Morgan fingerprint density at radius 2 is 1.74 bits per heavy atom. The summed E-state index contributed by atoms with van der Waals surface area (Å²) in [5, 5.41) is 3.18. The van der Waals surface area contributed by atoms with Crippen LogP contribution in [0.3, 0.4) is 0 Å². The molecule has 0 fully saturated rings. The second-order valence-corrected chi connectivity index (χ2v) is 8.45. The van der Waals surface area contributed by atoms with Crippen LogP contribution in [-0.4, -0.2) is 39.8 Å². The van der Waals surface area contributed by atoms with Gasteiger partial charge in [-0.1, -0.05) is 45.0 Å². The Morgan fingerprint density at radius 1 is 1.06 bits per heavy atom. The van der Waals surface area contributed by atoms with Crippen LogP contribution in [0.2, 0.25) is 0 Å². The lowest BCUT2D eigenvalue weighted by Gasteiger charge is -2.21. The fraction of sp³-hybridized carbons (Fsp3) is 0.333. The molecule has 31 heavy (non-hydrogen) atoms. The van der Waals surface area contributed by atoms with E-state index in [9.17, 15) is 14.4 Å². The number of aromatic amines is 1. The van der Waals surface area contributed by atoms with Crippen LogP contribution in [0, 0.1) is 0 Å². The first-order valence-electron chi connectivity index (χ1n) is 10.3. The molecule has 3 rings (SSSR count). The highest BCUT2D eigenvalue weighted by Gasteiger charge is 2.17. The topological polar surface area (TPSA) is 95.2 Å². The molecule has 0 unspecified atom stereocenters. The van der Waals surface area contributed by atoms with Crippen molar-refractivity contribution in [3.63, 3.8) is 0 Å². The van der Waals surface area contributed by atoms with Crippen molar-refractivity contribution < 1.29 is 9.59 Å². The third kappa shape index (κ3) is 5.36. The number of fused-ring (bicyclic) bond motifs is 1. The van der Waals surface area contributed by atoms with Gasteiger partial charge in [0.1, 0.15) is 5.82 Å². The fourth-order valence-electron chi connectivity index (χ4n) is 3.26. The average molecular weight is 421 g/mol. The highest BCUT2D eigenvalue weighted by molar-refractivity contribution is 5.96. The van der Waals surface area contributed by atoms with E-state index in [1.165, 1.54) is 4.90 Å². The zero-order valence-electron chi connectivity index (χ0n) is 18.4. The van der Waals surface area contributed by atoms with Crippen LogP contribution < -0.4 is 10.9 Å². The van der Waals surface area contributed by atoms with Crippen molar-refractivity contribution in [1.82, 2.24) is 20.2 Å². The Bertz CT molecular complexity index is 1140. The molecule has 2 amide bonds. The van der Waals surface area contributed by atoms with Crippen LogP contribution in [-0.2, 0) is 16.8 Å². The number of H-pyrrole nitrogens is 1. The number of aromatic nitrogens is 2. The van der Waals surface area contributed by atoms with Crippen molar-refractivity contribution in [1.29, 1.82) is 0 Å². The molecule has 3 aromatic rings. The number of carbonyl (C=O) groups is 2. The van der Waals surface area contributed by atoms with E-state index < -0.39 is 0 Å². The second kappa shape index (κ2) is 9.12. The van der Waals surface area contributed by atoms with Gasteiger partial charge in [0.05, 0.1) is 24.0 Å². The Labute approximate surface area is 181 Å². The minimum absolute atomic E-state index is 0.00434. The number of para-hydroxylation sites is 1. The van der Waals surface area contributed by atoms with E-state index in [0.29, 0.717) is 28.8 Å². The lowest BCUT2D eigenvalue weighted by atomic mass is 9.87.